The van der Waals surface area contributed by atoms with E-state index >= 15 is 0 Å². The third-order valence-corrected chi connectivity index (χ3v) is 8.50. The van der Waals surface area contributed by atoms with E-state index in [1.54, 1.807) is 42.5 Å². The second-order valence-corrected chi connectivity index (χ2v) is 11.0. The molecule has 10 heteroatoms. The Hall–Kier alpha value is -3.40. The van der Waals surface area contributed by atoms with E-state index in [1.165, 1.54) is 35.3 Å². The largest absolute Gasteiger partial charge is 0.497 e. The summed E-state index contributed by atoms with van der Waals surface area (Å²) in [4.78, 5) is 18.2. The molecule has 0 spiro atoms. The van der Waals surface area contributed by atoms with Crippen LogP contribution in [0.1, 0.15) is 11.3 Å². The Morgan fingerprint density at radius 2 is 1.74 bits per heavy atom. The van der Waals surface area contributed by atoms with Crippen molar-refractivity contribution in [3.05, 3.63) is 98.7 Å². The molecule has 0 saturated carbocycles. The van der Waals surface area contributed by atoms with Crippen LogP contribution in [0.5, 0.6) is 5.75 Å². The van der Waals surface area contributed by atoms with E-state index in [4.69, 9.17) is 16.3 Å². The number of methoxy groups -OCH3 is 1. The van der Waals surface area contributed by atoms with Crippen molar-refractivity contribution in [2.24, 2.45) is 0 Å². The Labute approximate surface area is 210 Å². The Balaban J connectivity index is 1.66. The lowest BCUT2D eigenvalue weighted by Crippen LogP contribution is -2.28. The summed E-state index contributed by atoms with van der Waals surface area (Å²) in [5.74, 6) is 0.463. The van der Waals surface area contributed by atoms with Gasteiger partial charge in [0.05, 0.1) is 35.1 Å². The molecule has 0 saturated heterocycles. The first-order chi connectivity index (χ1) is 16.8. The van der Waals surface area contributed by atoms with Crippen LogP contribution in [-0.2, 0) is 16.6 Å². The first-order valence-corrected chi connectivity index (χ1v) is 13.3. The molecule has 2 aromatic heterocycles. The highest BCUT2D eigenvalue weighted by Gasteiger charge is 2.26. The van der Waals surface area contributed by atoms with Gasteiger partial charge < -0.3 is 4.74 Å². The van der Waals surface area contributed by atoms with Crippen molar-refractivity contribution in [1.82, 2.24) is 13.8 Å². The summed E-state index contributed by atoms with van der Waals surface area (Å²) in [7, 11) is -2.59. The Morgan fingerprint density at radius 3 is 2.43 bits per heavy atom. The average Bonchev–Trinajstić information content (AvgIpc) is 3.43. The Morgan fingerprint density at radius 1 is 1.03 bits per heavy atom. The minimum Gasteiger partial charge on any atom is -0.497 e. The molecule has 35 heavy (non-hydrogen) atoms. The van der Waals surface area contributed by atoms with Crippen LogP contribution in [0.2, 0.25) is 5.02 Å². The van der Waals surface area contributed by atoms with Gasteiger partial charge in [0, 0.05) is 16.0 Å². The number of halogens is 1. The number of rotatable bonds is 6. The highest BCUT2D eigenvalue weighted by atomic mass is 35.5. The van der Waals surface area contributed by atoms with Crippen LogP contribution < -0.4 is 10.3 Å². The summed E-state index contributed by atoms with van der Waals surface area (Å²) < 4.78 is 35.0. The van der Waals surface area contributed by atoms with Crippen LogP contribution >= 0.6 is 22.9 Å². The lowest BCUT2D eigenvalue weighted by molar-refractivity contribution is 0.415. The second kappa shape index (κ2) is 8.99. The van der Waals surface area contributed by atoms with Crippen LogP contribution in [0.15, 0.2) is 81.8 Å². The molecule has 0 aliphatic rings. The monoisotopic (exact) mass is 525 g/mol. The van der Waals surface area contributed by atoms with Gasteiger partial charge in [-0.2, -0.15) is 12.5 Å². The number of aromatic nitrogens is 3. The minimum atomic E-state index is -4.08. The molecule has 0 unspecified atom stereocenters. The topological polar surface area (TPSA) is 83.2 Å². The number of fused-ring (bicyclic) bond motifs is 1. The van der Waals surface area contributed by atoms with Crippen molar-refractivity contribution in [3.8, 4) is 16.3 Å². The van der Waals surface area contributed by atoms with E-state index in [-0.39, 0.29) is 22.3 Å². The highest BCUT2D eigenvalue weighted by molar-refractivity contribution is 7.90. The molecule has 5 aromatic rings. The van der Waals surface area contributed by atoms with E-state index < -0.39 is 15.6 Å². The first kappa shape index (κ1) is 23.3. The van der Waals surface area contributed by atoms with Gasteiger partial charge in [-0.05, 0) is 49.4 Å². The first-order valence-electron chi connectivity index (χ1n) is 10.6. The third-order valence-electron chi connectivity index (χ3n) is 5.60. The van der Waals surface area contributed by atoms with Crippen molar-refractivity contribution < 1.29 is 13.2 Å². The molecule has 0 amide bonds. The SMILES string of the molecule is COc1ccc2c(c1)c(=O)n(Cc1csc(-c3ccc(Cl)cc3)n1)n2S(=O)(=O)c1ccc(C)cc1. The van der Waals surface area contributed by atoms with Crippen LogP contribution in [0.3, 0.4) is 0 Å². The molecular weight excluding hydrogens is 506 g/mol. The Bertz CT molecular complexity index is 1700. The fraction of sp³-hybridized carbons (Fsp3) is 0.120. The summed E-state index contributed by atoms with van der Waals surface area (Å²) in [5, 5.41) is 3.43. The number of hydrogen-bond donors (Lipinski definition) is 0. The molecule has 3 aromatic carbocycles. The van der Waals surface area contributed by atoms with Crippen molar-refractivity contribution >= 4 is 43.9 Å². The molecular formula is C25H20ClN3O4S2. The molecule has 5 rings (SSSR count). The molecule has 2 heterocycles. The number of thiazole rings is 1. The quantitative estimate of drug-likeness (QED) is 0.305. The molecule has 0 atom stereocenters. The van der Waals surface area contributed by atoms with Gasteiger partial charge in [0.1, 0.15) is 10.8 Å². The maximum Gasteiger partial charge on any atom is 0.282 e. The van der Waals surface area contributed by atoms with E-state index in [0.717, 1.165) is 20.2 Å². The van der Waals surface area contributed by atoms with Gasteiger partial charge in [0.2, 0.25) is 0 Å². The molecule has 0 aliphatic carbocycles. The number of benzene rings is 3. The molecule has 0 bridgehead atoms. The highest BCUT2D eigenvalue weighted by Crippen LogP contribution is 2.27. The minimum absolute atomic E-state index is 0.0228. The number of aryl methyl sites for hydroxylation is 1. The summed E-state index contributed by atoms with van der Waals surface area (Å²) in [6.45, 7) is 1.86. The van der Waals surface area contributed by atoms with Crippen LogP contribution in [0, 0.1) is 6.92 Å². The summed E-state index contributed by atoms with van der Waals surface area (Å²) in [6, 6.07) is 18.6. The van der Waals surface area contributed by atoms with Crippen molar-refractivity contribution in [3.63, 3.8) is 0 Å². The lowest BCUT2D eigenvalue weighted by atomic mass is 10.2. The smallest absolute Gasteiger partial charge is 0.282 e. The fourth-order valence-corrected chi connectivity index (χ4v) is 6.23. The van der Waals surface area contributed by atoms with Crippen LogP contribution in [0.25, 0.3) is 21.5 Å². The zero-order chi connectivity index (χ0) is 24.7. The number of ether oxygens (including phenoxy) is 1. The standard InChI is InChI=1S/C25H20ClN3O4S2/c1-16-3-10-21(11-4-16)35(31,32)29-23-12-9-20(33-2)13-22(23)25(30)28(29)14-19-15-34-24(27-19)17-5-7-18(26)8-6-17/h3-13,15H,14H2,1-2H3. The van der Waals surface area contributed by atoms with E-state index in [9.17, 15) is 13.2 Å². The second-order valence-electron chi connectivity index (χ2n) is 7.96. The number of nitrogens with zero attached hydrogens (tertiary/aromatic N) is 3. The molecule has 0 N–H and O–H groups in total. The van der Waals surface area contributed by atoms with Gasteiger partial charge in [0.15, 0.2) is 0 Å². The fourth-order valence-electron chi connectivity index (χ4n) is 3.80. The molecule has 0 fully saturated rings. The van der Waals surface area contributed by atoms with Gasteiger partial charge in [-0.25, -0.2) is 9.67 Å². The lowest BCUT2D eigenvalue weighted by Gasteiger charge is -2.13. The summed E-state index contributed by atoms with van der Waals surface area (Å²) in [6.07, 6.45) is 0. The van der Waals surface area contributed by atoms with E-state index in [2.05, 4.69) is 4.98 Å². The average molecular weight is 526 g/mol. The molecule has 7 nitrogen and oxygen atoms in total. The normalized spacial score (nSPS) is 11.7. The van der Waals surface area contributed by atoms with Gasteiger partial charge >= 0.3 is 0 Å². The zero-order valence-corrected chi connectivity index (χ0v) is 21.2. The van der Waals surface area contributed by atoms with Crippen molar-refractivity contribution in [1.29, 1.82) is 0 Å². The maximum atomic E-state index is 13.7. The molecule has 0 radical (unpaired) electrons. The molecule has 0 aliphatic heterocycles. The summed E-state index contributed by atoms with van der Waals surface area (Å²) >= 11 is 7.39. The Kier molecular flexibility index (Phi) is 6.00. The van der Waals surface area contributed by atoms with Crippen LogP contribution in [-0.4, -0.2) is 29.3 Å². The summed E-state index contributed by atoms with van der Waals surface area (Å²) in [5.41, 5.74) is 2.20. The van der Waals surface area contributed by atoms with Gasteiger partial charge in [-0.3, -0.25) is 4.79 Å². The maximum absolute atomic E-state index is 13.7. The van der Waals surface area contributed by atoms with Crippen molar-refractivity contribution in [2.75, 3.05) is 7.11 Å². The predicted molar refractivity (Wildman–Crippen MR) is 138 cm³/mol. The zero-order valence-electron chi connectivity index (χ0n) is 18.8. The van der Waals surface area contributed by atoms with Gasteiger partial charge in [-0.1, -0.05) is 41.4 Å². The molecule has 178 valence electrons. The van der Waals surface area contributed by atoms with Gasteiger partial charge in [-0.15, -0.1) is 11.3 Å². The van der Waals surface area contributed by atoms with E-state index in [1.807, 2.05) is 24.4 Å². The van der Waals surface area contributed by atoms with E-state index in [0.29, 0.717) is 16.5 Å². The third kappa shape index (κ3) is 4.27. The van der Waals surface area contributed by atoms with Crippen LogP contribution in [0.4, 0.5) is 0 Å². The number of hydrogen-bond acceptors (Lipinski definition) is 6. The predicted octanol–water partition coefficient (Wildman–Crippen LogP) is 5.18. The van der Waals surface area contributed by atoms with Crippen molar-refractivity contribution in [2.45, 2.75) is 18.4 Å². The van der Waals surface area contributed by atoms with Gasteiger partial charge in [0.25, 0.3) is 15.6 Å².